The minimum absolute atomic E-state index is 0.0986. The van der Waals surface area contributed by atoms with Gasteiger partial charge in [0.15, 0.2) is 0 Å². The summed E-state index contributed by atoms with van der Waals surface area (Å²) in [6.45, 7) is 0.577. The van der Waals surface area contributed by atoms with Crippen LogP contribution in [-0.2, 0) is 19.1 Å². The predicted molar refractivity (Wildman–Crippen MR) is 93.5 cm³/mol. The average Bonchev–Trinajstić information content (AvgIpc) is 2.62. The largest absolute Gasteiger partial charge is 0.468 e. The van der Waals surface area contributed by atoms with Gasteiger partial charge >= 0.3 is 5.97 Å². The van der Waals surface area contributed by atoms with Crippen molar-refractivity contribution in [2.45, 2.75) is 0 Å². The standard InChI is InChI=1S/C19H21NO4/c1-23-13-12-20(14-19(22)24-2)18(21)11-10-16-8-5-7-15-6-3-4-9-17(15)16/h3-11H,12-14H2,1-2H3. The number of esters is 1. The summed E-state index contributed by atoms with van der Waals surface area (Å²) >= 11 is 0. The van der Waals surface area contributed by atoms with Gasteiger partial charge in [-0.15, -0.1) is 0 Å². The second kappa shape index (κ2) is 8.84. The number of nitrogens with zero attached hydrogens (tertiary/aromatic N) is 1. The fraction of sp³-hybridized carbons (Fsp3) is 0.263. The summed E-state index contributed by atoms with van der Waals surface area (Å²) in [5.74, 6) is -0.719. The number of methoxy groups -OCH3 is 2. The van der Waals surface area contributed by atoms with Crippen LogP contribution in [0.5, 0.6) is 0 Å². The van der Waals surface area contributed by atoms with Crippen LogP contribution in [0.4, 0.5) is 0 Å². The molecule has 0 atom stereocenters. The molecule has 0 N–H and O–H groups in total. The summed E-state index contributed by atoms with van der Waals surface area (Å²) < 4.78 is 9.62. The fourth-order valence-corrected chi connectivity index (χ4v) is 2.35. The monoisotopic (exact) mass is 327 g/mol. The van der Waals surface area contributed by atoms with E-state index >= 15 is 0 Å². The third kappa shape index (κ3) is 4.67. The van der Waals surface area contributed by atoms with E-state index < -0.39 is 5.97 Å². The summed E-state index contributed by atoms with van der Waals surface area (Å²) in [4.78, 5) is 25.2. The van der Waals surface area contributed by atoms with Gasteiger partial charge in [-0.05, 0) is 22.4 Å². The molecule has 5 nitrogen and oxygen atoms in total. The van der Waals surface area contributed by atoms with Crippen LogP contribution >= 0.6 is 0 Å². The van der Waals surface area contributed by atoms with Crippen molar-refractivity contribution in [3.63, 3.8) is 0 Å². The van der Waals surface area contributed by atoms with Gasteiger partial charge in [-0.2, -0.15) is 0 Å². The molecule has 2 rings (SSSR count). The molecule has 0 saturated carbocycles. The molecule has 0 aliphatic carbocycles. The first kappa shape index (κ1) is 17.7. The first-order chi connectivity index (χ1) is 11.7. The van der Waals surface area contributed by atoms with Gasteiger partial charge in [-0.25, -0.2) is 0 Å². The molecule has 2 aromatic carbocycles. The Kier molecular flexibility index (Phi) is 6.51. The maximum absolute atomic E-state index is 12.4. The smallest absolute Gasteiger partial charge is 0.325 e. The minimum atomic E-state index is -0.460. The van der Waals surface area contributed by atoms with E-state index in [2.05, 4.69) is 4.74 Å². The lowest BCUT2D eigenvalue weighted by atomic mass is 10.0. The number of ether oxygens (including phenoxy) is 2. The minimum Gasteiger partial charge on any atom is -0.468 e. The summed E-state index contributed by atoms with van der Waals surface area (Å²) in [5, 5.41) is 2.18. The Labute approximate surface area is 141 Å². The zero-order valence-electron chi connectivity index (χ0n) is 13.9. The van der Waals surface area contributed by atoms with Crippen LogP contribution in [0.15, 0.2) is 48.5 Å². The van der Waals surface area contributed by atoms with Crippen molar-refractivity contribution >= 4 is 28.7 Å². The van der Waals surface area contributed by atoms with Gasteiger partial charge in [0.05, 0.1) is 13.7 Å². The average molecular weight is 327 g/mol. The number of fused-ring (bicyclic) bond motifs is 1. The van der Waals surface area contributed by atoms with E-state index in [1.165, 1.54) is 18.1 Å². The number of rotatable bonds is 7. The molecule has 0 saturated heterocycles. The van der Waals surface area contributed by atoms with E-state index in [1.54, 1.807) is 13.2 Å². The molecule has 5 heteroatoms. The van der Waals surface area contributed by atoms with Crippen LogP contribution in [0.25, 0.3) is 16.8 Å². The van der Waals surface area contributed by atoms with Crippen molar-refractivity contribution in [3.8, 4) is 0 Å². The molecule has 0 aliphatic heterocycles. The molecule has 126 valence electrons. The van der Waals surface area contributed by atoms with E-state index in [1.807, 2.05) is 42.5 Å². The Morgan fingerprint density at radius 2 is 1.83 bits per heavy atom. The number of hydrogen-bond donors (Lipinski definition) is 0. The summed E-state index contributed by atoms with van der Waals surface area (Å²) in [6.07, 6.45) is 3.24. The van der Waals surface area contributed by atoms with E-state index in [0.717, 1.165) is 16.3 Å². The Morgan fingerprint density at radius 3 is 2.58 bits per heavy atom. The van der Waals surface area contributed by atoms with Gasteiger partial charge in [0.1, 0.15) is 6.54 Å². The highest BCUT2D eigenvalue weighted by Crippen LogP contribution is 2.19. The van der Waals surface area contributed by atoms with Crippen LogP contribution < -0.4 is 0 Å². The van der Waals surface area contributed by atoms with Crippen LogP contribution in [0.1, 0.15) is 5.56 Å². The quantitative estimate of drug-likeness (QED) is 0.579. The number of amides is 1. The second-order valence-electron chi connectivity index (χ2n) is 5.23. The predicted octanol–water partition coefficient (Wildman–Crippen LogP) is 2.50. The molecule has 1 amide bonds. The second-order valence-corrected chi connectivity index (χ2v) is 5.23. The van der Waals surface area contributed by atoms with E-state index in [4.69, 9.17) is 4.74 Å². The number of hydrogen-bond acceptors (Lipinski definition) is 4. The van der Waals surface area contributed by atoms with Gasteiger partial charge in [0, 0.05) is 19.7 Å². The van der Waals surface area contributed by atoms with Crippen molar-refractivity contribution in [3.05, 3.63) is 54.1 Å². The molecule has 2 aromatic rings. The van der Waals surface area contributed by atoms with Crippen molar-refractivity contribution in [2.24, 2.45) is 0 Å². The maximum atomic E-state index is 12.4. The molecule has 0 radical (unpaired) electrons. The Balaban J connectivity index is 2.17. The van der Waals surface area contributed by atoms with E-state index in [0.29, 0.717) is 13.2 Å². The fourth-order valence-electron chi connectivity index (χ4n) is 2.35. The van der Waals surface area contributed by atoms with Crippen LogP contribution in [0, 0.1) is 0 Å². The third-order valence-electron chi connectivity index (χ3n) is 3.65. The van der Waals surface area contributed by atoms with Gasteiger partial charge < -0.3 is 14.4 Å². The summed E-state index contributed by atoms with van der Waals surface area (Å²) in [7, 11) is 2.85. The highest BCUT2D eigenvalue weighted by molar-refractivity contribution is 5.97. The highest BCUT2D eigenvalue weighted by atomic mass is 16.5. The van der Waals surface area contributed by atoms with E-state index in [9.17, 15) is 9.59 Å². The van der Waals surface area contributed by atoms with Gasteiger partial charge in [-0.3, -0.25) is 9.59 Å². The normalized spacial score (nSPS) is 10.9. The lowest BCUT2D eigenvalue weighted by molar-refractivity contribution is -0.145. The van der Waals surface area contributed by atoms with Gasteiger partial charge in [-0.1, -0.05) is 42.5 Å². The number of carbonyl (C=O) groups excluding carboxylic acids is 2. The lowest BCUT2D eigenvalue weighted by Gasteiger charge is -2.19. The summed E-state index contributed by atoms with van der Waals surface area (Å²) in [6, 6.07) is 13.9. The van der Waals surface area contributed by atoms with Gasteiger partial charge in [0.2, 0.25) is 5.91 Å². The molecular weight excluding hydrogens is 306 g/mol. The van der Waals surface area contributed by atoms with Crippen molar-refractivity contribution in [2.75, 3.05) is 33.9 Å². The molecule has 0 aromatic heterocycles. The molecular formula is C19H21NO4. The Bertz CT molecular complexity index is 734. The van der Waals surface area contributed by atoms with Crippen molar-refractivity contribution < 1.29 is 19.1 Å². The van der Waals surface area contributed by atoms with E-state index in [-0.39, 0.29) is 12.5 Å². The highest BCUT2D eigenvalue weighted by Gasteiger charge is 2.15. The number of benzene rings is 2. The molecule has 0 heterocycles. The molecule has 0 unspecified atom stereocenters. The summed E-state index contributed by atoms with van der Waals surface area (Å²) in [5.41, 5.74) is 0.950. The van der Waals surface area contributed by atoms with Crippen LogP contribution in [0.3, 0.4) is 0 Å². The Morgan fingerprint density at radius 1 is 1.08 bits per heavy atom. The van der Waals surface area contributed by atoms with Crippen LogP contribution in [-0.4, -0.2) is 50.7 Å². The first-order valence-corrected chi connectivity index (χ1v) is 7.66. The zero-order valence-corrected chi connectivity index (χ0v) is 13.9. The molecule has 24 heavy (non-hydrogen) atoms. The molecule has 0 fully saturated rings. The zero-order chi connectivity index (χ0) is 17.4. The number of carbonyl (C=O) groups is 2. The molecule has 0 spiro atoms. The molecule has 0 bridgehead atoms. The SMILES string of the molecule is COCCN(CC(=O)OC)C(=O)C=Cc1cccc2ccccc12. The first-order valence-electron chi connectivity index (χ1n) is 7.66. The molecule has 0 aliphatic rings. The maximum Gasteiger partial charge on any atom is 0.325 e. The van der Waals surface area contributed by atoms with Gasteiger partial charge in [0.25, 0.3) is 0 Å². The third-order valence-corrected chi connectivity index (χ3v) is 3.65. The van der Waals surface area contributed by atoms with Crippen molar-refractivity contribution in [1.29, 1.82) is 0 Å². The Hall–Kier alpha value is -2.66. The topological polar surface area (TPSA) is 55.8 Å². The van der Waals surface area contributed by atoms with Crippen molar-refractivity contribution in [1.82, 2.24) is 4.90 Å². The lowest BCUT2D eigenvalue weighted by Crippen LogP contribution is -2.37. The van der Waals surface area contributed by atoms with Crippen LogP contribution in [0.2, 0.25) is 0 Å².